The highest BCUT2D eigenvalue weighted by Gasteiger charge is 2.06. The van der Waals surface area contributed by atoms with Crippen molar-refractivity contribution in [1.29, 1.82) is 0 Å². The van der Waals surface area contributed by atoms with E-state index in [1.54, 1.807) is 11.8 Å². The molecular formula is C11H12NS3+. The van der Waals surface area contributed by atoms with E-state index in [1.807, 2.05) is 26.7 Å². The first-order valence-corrected chi connectivity index (χ1v) is 7.94. The smallest absolute Gasteiger partial charge is 0.185 e. The molecule has 0 saturated heterocycles. The Morgan fingerprint density at radius 3 is 2.47 bits per heavy atom. The summed E-state index contributed by atoms with van der Waals surface area (Å²) in [6, 6.07) is 12.7. The number of hydrogen-bond donors (Lipinski definition) is 0. The van der Waals surface area contributed by atoms with Gasteiger partial charge in [-0.15, -0.1) is 11.8 Å². The Morgan fingerprint density at radius 1 is 1.13 bits per heavy atom. The first kappa shape index (κ1) is 10.9. The van der Waals surface area contributed by atoms with Crippen molar-refractivity contribution in [3.05, 3.63) is 41.1 Å². The van der Waals surface area contributed by atoms with Crippen LogP contribution >= 0.6 is 32.4 Å². The van der Waals surface area contributed by atoms with Gasteiger partial charge in [0.25, 0.3) is 4.67 Å². The molecule has 0 aliphatic rings. The number of benzene rings is 1. The average molecular weight is 254 g/mol. The quantitative estimate of drug-likeness (QED) is 0.451. The minimum Gasteiger partial charge on any atom is -0.185 e. The van der Waals surface area contributed by atoms with Crippen LogP contribution in [-0.4, -0.2) is 13.3 Å². The molecular weight excluding hydrogens is 242 g/mol. The van der Waals surface area contributed by atoms with E-state index < -0.39 is 0 Å². The van der Waals surface area contributed by atoms with Gasteiger partial charge in [-0.05, 0) is 16.6 Å². The predicted octanol–water partition coefficient (Wildman–Crippen LogP) is 3.27. The van der Waals surface area contributed by atoms with E-state index in [9.17, 15) is 0 Å². The van der Waals surface area contributed by atoms with Crippen LogP contribution in [0.25, 0.3) is 0 Å². The molecule has 1 heterocycles. The fourth-order valence-corrected chi connectivity index (χ4v) is 4.66. The van der Waals surface area contributed by atoms with Crippen molar-refractivity contribution in [2.75, 3.05) is 13.3 Å². The monoisotopic (exact) mass is 254 g/mol. The molecule has 78 valence electrons. The highest BCUT2D eigenvalue weighted by molar-refractivity contribution is 8.02. The van der Waals surface area contributed by atoms with Crippen LogP contribution in [0.3, 0.4) is 0 Å². The first-order valence-electron chi connectivity index (χ1n) is 4.57. The second-order valence-electron chi connectivity index (χ2n) is 3.07. The number of nitrogens with zero attached hydrogens (tertiary/aromatic N) is 1. The zero-order valence-corrected chi connectivity index (χ0v) is 11.1. The summed E-state index contributed by atoms with van der Waals surface area (Å²) in [7, 11) is 5.77. The molecule has 15 heavy (non-hydrogen) atoms. The molecule has 0 saturated carbocycles. The molecule has 0 unspecified atom stereocenters. The maximum absolute atomic E-state index is 2.24. The van der Waals surface area contributed by atoms with E-state index in [2.05, 4.69) is 48.2 Å². The highest BCUT2D eigenvalue weighted by Crippen LogP contribution is 2.21. The van der Waals surface area contributed by atoms with Crippen LogP contribution in [0.5, 0.6) is 0 Å². The lowest BCUT2D eigenvalue weighted by Crippen LogP contribution is -2.16. The SMILES string of the molecule is CSc1cc(=[N+](C)c2ccccc2)ss1. The third-order valence-corrected chi connectivity index (χ3v) is 5.94. The topological polar surface area (TPSA) is 3.01 Å². The summed E-state index contributed by atoms with van der Waals surface area (Å²) < 4.78 is 4.90. The first-order chi connectivity index (χ1) is 7.31. The van der Waals surface area contributed by atoms with Crippen molar-refractivity contribution < 1.29 is 0 Å². The summed E-state index contributed by atoms with van der Waals surface area (Å²) >= 11 is 1.80. The van der Waals surface area contributed by atoms with Gasteiger partial charge in [0.15, 0.2) is 0 Å². The molecule has 0 radical (unpaired) electrons. The summed E-state index contributed by atoms with van der Waals surface area (Å²) in [6.07, 6.45) is 2.12. The second kappa shape index (κ2) is 4.96. The van der Waals surface area contributed by atoms with Gasteiger partial charge in [0, 0.05) is 18.2 Å². The largest absolute Gasteiger partial charge is 0.273 e. The Kier molecular flexibility index (Phi) is 3.61. The number of hydrogen-bond acceptors (Lipinski definition) is 3. The maximum atomic E-state index is 2.24. The van der Waals surface area contributed by atoms with Crippen LogP contribution in [0.4, 0.5) is 5.69 Å². The van der Waals surface area contributed by atoms with Crippen molar-refractivity contribution in [2.45, 2.75) is 4.21 Å². The van der Waals surface area contributed by atoms with Crippen LogP contribution in [0.15, 0.2) is 40.6 Å². The van der Waals surface area contributed by atoms with Crippen LogP contribution in [0.2, 0.25) is 0 Å². The summed E-state index contributed by atoms with van der Waals surface area (Å²) in [5, 5.41) is 0. The normalized spacial score (nSPS) is 12.7. The zero-order valence-electron chi connectivity index (χ0n) is 8.64. The minimum absolute atomic E-state index is 1.24. The molecule has 2 aromatic rings. The third-order valence-electron chi connectivity index (χ3n) is 2.13. The van der Waals surface area contributed by atoms with Gasteiger partial charge in [-0.1, -0.05) is 28.5 Å². The molecule has 0 amide bonds. The molecule has 1 aromatic heterocycles. The fraction of sp³-hybridized carbons (Fsp3) is 0.182. The Hall–Kier alpha value is -0.580. The lowest BCUT2D eigenvalue weighted by atomic mass is 10.3. The molecule has 0 spiro atoms. The molecule has 1 aromatic carbocycles. The number of thioether (sulfide) groups is 1. The Balaban J connectivity index is 2.49. The standard InChI is InChI=1S/C11H12NS3/c1-12(9-6-4-3-5-7-9)10-8-11(13-2)15-14-10/h3-8H,1-2H3/q+1. The summed E-state index contributed by atoms with van der Waals surface area (Å²) in [5.41, 5.74) is 1.24. The summed E-state index contributed by atoms with van der Waals surface area (Å²) in [6.45, 7) is 0. The van der Waals surface area contributed by atoms with Crippen molar-refractivity contribution >= 4 is 38.1 Å². The second-order valence-corrected chi connectivity index (χ2v) is 6.36. The molecule has 0 atom stereocenters. The van der Waals surface area contributed by atoms with E-state index >= 15 is 0 Å². The van der Waals surface area contributed by atoms with Gasteiger partial charge in [0.2, 0.25) is 5.69 Å². The van der Waals surface area contributed by atoms with E-state index in [0.29, 0.717) is 0 Å². The minimum atomic E-state index is 1.24. The number of rotatable bonds is 2. The van der Waals surface area contributed by atoms with Gasteiger partial charge in [0.05, 0.1) is 4.21 Å². The molecule has 0 bridgehead atoms. The molecule has 0 aliphatic heterocycles. The Morgan fingerprint density at radius 2 is 1.87 bits per heavy atom. The molecule has 0 aliphatic carbocycles. The van der Waals surface area contributed by atoms with Gasteiger partial charge in [-0.2, -0.15) is 4.58 Å². The van der Waals surface area contributed by atoms with E-state index in [0.717, 1.165) is 0 Å². The van der Waals surface area contributed by atoms with Crippen LogP contribution in [0, 0.1) is 0 Å². The van der Waals surface area contributed by atoms with Crippen molar-refractivity contribution in [3.8, 4) is 0 Å². The molecule has 0 fully saturated rings. The molecule has 1 nitrogen and oxygen atoms in total. The average Bonchev–Trinajstić information content (AvgIpc) is 2.78. The van der Waals surface area contributed by atoms with E-state index in [1.165, 1.54) is 14.6 Å². The predicted molar refractivity (Wildman–Crippen MR) is 71.3 cm³/mol. The lowest BCUT2D eigenvalue weighted by Gasteiger charge is -1.92. The highest BCUT2D eigenvalue weighted by atomic mass is 32.9. The van der Waals surface area contributed by atoms with Gasteiger partial charge >= 0.3 is 0 Å². The van der Waals surface area contributed by atoms with Crippen molar-refractivity contribution in [2.24, 2.45) is 0 Å². The molecule has 4 heteroatoms. The Labute approximate surface area is 101 Å². The molecule has 2 rings (SSSR count). The van der Waals surface area contributed by atoms with E-state index in [4.69, 9.17) is 0 Å². The van der Waals surface area contributed by atoms with Gasteiger partial charge in [-0.25, -0.2) is 0 Å². The maximum Gasteiger partial charge on any atom is 0.273 e. The lowest BCUT2D eigenvalue weighted by molar-refractivity contribution is 0.913. The fourth-order valence-electron chi connectivity index (χ4n) is 1.26. The van der Waals surface area contributed by atoms with Crippen LogP contribution in [-0.2, 0) is 0 Å². The summed E-state index contributed by atoms with van der Waals surface area (Å²) in [4.78, 5) is 0. The van der Waals surface area contributed by atoms with E-state index in [-0.39, 0.29) is 0 Å². The summed E-state index contributed by atoms with van der Waals surface area (Å²) in [5.74, 6) is 0. The van der Waals surface area contributed by atoms with Gasteiger partial charge in [-0.3, -0.25) is 0 Å². The number of para-hydroxylation sites is 1. The van der Waals surface area contributed by atoms with Crippen molar-refractivity contribution in [3.63, 3.8) is 0 Å². The zero-order chi connectivity index (χ0) is 10.7. The van der Waals surface area contributed by atoms with Gasteiger partial charge in [0.1, 0.15) is 7.05 Å². The third kappa shape index (κ3) is 2.51. The molecule has 0 N–H and O–H groups in total. The van der Waals surface area contributed by atoms with Crippen LogP contribution < -0.4 is 9.25 Å². The van der Waals surface area contributed by atoms with Crippen molar-refractivity contribution in [1.82, 2.24) is 4.58 Å². The van der Waals surface area contributed by atoms with Crippen LogP contribution in [0.1, 0.15) is 0 Å². The van der Waals surface area contributed by atoms with Gasteiger partial charge < -0.3 is 0 Å². The Bertz CT molecular complexity index is 496.